The first-order chi connectivity index (χ1) is 7.66. The maximum atomic E-state index is 9.68. The lowest BCUT2D eigenvalue weighted by Gasteiger charge is -2.07. The molecule has 16 heavy (non-hydrogen) atoms. The molecule has 0 spiro atoms. The molecule has 2 aromatic rings. The van der Waals surface area contributed by atoms with Gasteiger partial charge in [0.15, 0.2) is 0 Å². The summed E-state index contributed by atoms with van der Waals surface area (Å²) in [4.78, 5) is 0. The second kappa shape index (κ2) is 4.27. The van der Waals surface area contributed by atoms with Crippen LogP contribution in [0.1, 0.15) is 16.7 Å². The number of aryl methyl sites for hydroxylation is 1. The van der Waals surface area contributed by atoms with Gasteiger partial charge in [-0.25, -0.2) is 0 Å². The lowest BCUT2D eigenvalue weighted by Crippen LogP contribution is -1.91. The number of phenolic OH excluding ortho intramolecular Hbond substituents is 2. The number of rotatable bonds is 2. The van der Waals surface area contributed by atoms with Crippen molar-refractivity contribution < 1.29 is 10.2 Å². The van der Waals surface area contributed by atoms with Gasteiger partial charge in [-0.3, -0.25) is 0 Å². The molecule has 0 unspecified atom stereocenters. The monoisotopic (exact) mass is 214 g/mol. The van der Waals surface area contributed by atoms with E-state index in [9.17, 15) is 10.2 Å². The highest BCUT2D eigenvalue weighted by Crippen LogP contribution is 2.25. The van der Waals surface area contributed by atoms with Crippen LogP contribution in [0.15, 0.2) is 42.5 Å². The quantitative estimate of drug-likeness (QED) is 0.754. The highest BCUT2D eigenvalue weighted by atomic mass is 16.3. The summed E-state index contributed by atoms with van der Waals surface area (Å²) in [5.41, 5.74) is 3.09. The van der Waals surface area contributed by atoms with Gasteiger partial charge in [-0.1, -0.05) is 24.3 Å². The molecular formula is C14H14O2. The summed E-state index contributed by atoms with van der Waals surface area (Å²) in [5.74, 6) is 0.405. The predicted octanol–water partition coefficient (Wildman–Crippen LogP) is 3.00. The van der Waals surface area contributed by atoms with Crippen molar-refractivity contribution in [1.29, 1.82) is 0 Å². The molecule has 2 heteroatoms. The summed E-state index contributed by atoms with van der Waals surface area (Å²) in [6.45, 7) is 2.04. The van der Waals surface area contributed by atoms with Gasteiger partial charge in [0.05, 0.1) is 0 Å². The van der Waals surface area contributed by atoms with E-state index in [0.29, 0.717) is 6.42 Å². The van der Waals surface area contributed by atoms with Crippen LogP contribution >= 0.6 is 0 Å². The van der Waals surface area contributed by atoms with E-state index in [2.05, 4.69) is 0 Å². The summed E-state index contributed by atoms with van der Waals surface area (Å²) in [6, 6.07) is 12.6. The fraction of sp³-hybridized carbons (Fsp3) is 0.143. The van der Waals surface area contributed by atoms with Crippen LogP contribution in [0, 0.1) is 6.92 Å². The molecule has 2 rings (SSSR count). The van der Waals surface area contributed by atoms with Crippen LogP contribution in [0.2, 0.25) is 0 Å². The van der Waals surface area contributed by atoms with Gasteiger partial charge in [-0.2, -0.15) is 0 Å². The normalized spacial score (nSPS) is 10.3. The predicted molar refractivity (Wildman–Crippen MR) is 63.8 cm³/mol. The first kappa shape index (κ1) is 10.6. The van der Waals surface area contributed by atoms with Crippen molar-refractivity contribution in [2.75, 3.05) is 0 Å². The van der Waals surface area contributed by atoms with Crippen molar-refractivity contribution in [3.63, 3.8) is 0 Å². The van der Waals surface area contributed by atoms with Gasteiger partial charge in [0.2, 0.25) is 0 Å². The van der Waals surface area contributed by atoms with Crippen LogP contribution in [-0.2, 0) is 6.42 Å². The highest BCUT2D eigenvalue weighted by molar-refractivity contribution is 5.42. The Morgan fingerprint density at radius 2 is 1.69 bits per heavy atom. The summed E-state index contributed by atoms with van der Waals surface area (Å²) in [7, 11) is 0. The Hall–Kier alpha value is -1.96. The first-order valence-electron chi connectivity index (χ1n) is 5.22. The third kappa shape index (κ3) is 2.16. The minimum atomic E-state index is 0.182. The molecule has 0 atom stereocenters. The smallest absolute Gasteiger partial charge is 0.119 e. The van der Waals surface area contributed by atoms with Crippen LogP contribution in [0.5, 0.6) is 11.5 Å². The number of hydrogen-bond acceptors (Lipinski definition) is 2. The minimum Gasteiger partial charge on any atom is -0.508 e. The van der Waals surface area contributed by atoms with Gasteiger partial charge in [-0.15, -0.1) is 0 Å². The Bertz CT molecular complexity index is 504. The molecule has 0 saturated carbocycles. The molecule has 0 aliphatic rings. The molecule has 2 nitrogen and oxygen atoms in total. The Morgan fingerprint density at radius 1 is 0.938 bits per heavy atom. The molecule has 0 radical (unpaired) electrons. The van der Waals surface area contributed by atoms with Crippen LogP contribution < -0.4 is 0 Å². The van der Waals surface area contributed by atoms with Gasteiger partial charge in [-0.05, 0) is 36.2 Å². The summed E-state index contributed by atoms with van der Waals surface area (Å²) >= 11 is 0. The first-order valence-corrected chi connectivity index (χ1v) is 5.22. The fourth-order valence-electron chi connectivity index (χ4n) is 1.73. The zero-order valence-electron chi connectivity index (χ0n) is 9.14. The largest absolute Gasteiger partial charge is 0.508 e. The Labute approximate surface area is 94.8 Å². The van der Waals surface area contributed by atoms with E-state index >= 15 is 0 Å². The maximum Gasteiger partial charge on any atom is 0.119 e. The van der Waals surface area contributed by atoms with Crippen LogP contribution in [0.4, 0.5) is 0 Å². The topological polar surface area (TPSA) is 40.5 Å². The molecule has 2 N–H and O–H groups in total. The number of phenols is 2. The second-order valence-corrected chi connectivity index (χ2v) is 3.92. The van der Waals surface area contributed by atoms with Crippen molar-refractivity contribution in [2.45, 2.75) is 13.3 Å². The Morgan fingerprint density at radius 3 is 2.44 bits per heavy atom. The fourth-order valence-corrected chi connectivity index (χ4v) is 1.73. The van der Waals surface area contributed by atoms with Gasteiger partial charge in [0.25, 0.3) is 0 Å². The van der Waals surface area contributed by atoms with E-state index in [1.165, 1.54) is 17.7 Å². The molecular weight excluding hydrogens is 200 g/mol. The highest BCUT2D eigenvalue weighted by Gasteiger charge is 2.05. The molecule has 0 saturated heterocycles. The van der Waals surface area contributed by atoms with E-state index < -0.39 is 0 Å². The van der Waals surface area contributed by atoms with E-state index in [1.807, 2.05) is 31.2 Å². The van der Waals surface area contributed by atoms with Gasteiger partial charge < -0.3 is 10.2 Å². The van der Waals surface area contributed by atoms with Crippen molar-refractivity contribution in [1.82, 2.24) is 0 Å². The lowest BCUT2D eigenvalue weighted by molar-refractivity contribution is 0.455. The van der Waals surface area contributed by atoms with Gasteiger partial charge in [0, 0.05) is 12.0 Å². The van der Waals surface area contributed by atoms with Crippen LogP contribution in [0.25, 0.3) is 0 Å². The second-order valence-electron chi connectivity index (χ2n) is 3.92. The van der Waals surface area contributed by atoms with Gasteiger partial charge >= 0.3 is 0 Å². The van der Waals surface area contributed by atoms with Gasteiger partial charge in [0.1, 0.15) is 11.5 Å². The van der Waals surface area contributed by atoms with Crippen molar-refractivity contribution in [3.8, 4) is 11.5 Å². The third-order valence-electron chi connectivity index (χ3n) is 2.71. The molecule has 0 aromatic heterocycles. The third-order valence-corrected chi connectivity index (χ3v) is 2.71. The summed E-state index contributed by atoms with van der Waals surface area (Å²) in [6.07, 6.45) is 0.632. The van der Waals surface area contributed by atoms with E-state index in [-0.39, 0.29) is 11.5 Å². The molecule has 0 amide bonds. The minimum absolute atomic E-state index is 0.182. The van der Waals surface area contributed by atoms with Crippen molar-refractivity contribution >= 4 is 0 Å². The number of hydrogen-bond donors (Lipinski definition) is 2. The molecule has 0 aliphatic carbocycles. The van der Waals surface area contributed by atoms with Crippen molar-refractivity contribution in [3.05, 3.63) is 59.2 Å². The number of aromatic hydroxyl groups is 2. The average Bonchev–Trinajstić information content (AvgIpc) is 2.27. The molecule has 82 valence electrons. The SMILES string of the molecule is Cc1ccccc1Cc1cc(O)ccc1O. The van der Waals surface area contributed by atoms with Crippen molar-refractivity contribution in [2.24, 2.45) is 0 Å². The van der Waals surface area contributed by atoms with E-state index in [4.69, 9.17) is 0 Å². The Kier molecular flexibility index (Phi) is 2.82. The standard InChI is InChI=1S/C14H14O2/c1-10-4-2-3-5-11(10)8-12-9-13(15)6-7-14(12)16/h2-7,9,15-16H,8H2,1H3. The Balaban J connectivity index is 2.34. The average molecular weight is 214 g/mol. The summed E-state index contributed by atoms with van der Waals surface area (Å²) < 4.78 is 0. The molecule has 0 heterocycles. The van der Waals surface area contributed by atoms with Crippen LogP contribution in [0.3, 0.4) is 0 Å². The zero-order chi connectivity index (χ0) is 11.5. The number of benzene rings is 2. The van der Waals surface area contributed by atoms with E-state index in [1.54, 1.807) is 6.07 Å². The zero-order valence-corrected chi connectivity index (χ0v) is 9.14. The van der Waals surface area contributed by atoms with Crippen LogP contribution in [-0.4, -0.2) is 10.2 Å². The molecule has 0 aliphatic heterocycles. The lowest BCUT2D eigenvalue weighted by atomic mass is 10.00. The molecule has 0 bridgehead atoms. The maximum absolute atomic E-state index is 9.68. The molecule has 2 aromatic carbocycles. The van der Waals surface area contributed by atoms with E-state index in [0.717, 1.165) is 11.1 Å². The summed E-state index contributed by atoms with van der Waals surface area (Å²) in [5, 5.41) is 19.0. The molecule has 0 fully saturated rings.